The maximum Gasteiger partial charge on any atom is 0.136 e. The van der Waals surface area contributed by atoms with Gasteiger partial charge in [-0.3, -0.25) is 0 Å². The summed E-state index contributed by atoms with van der Waals surface area (Å²) in [6, 6.07) is 1.62. The fourth-order valence-corrected chi connectivity index (χ4v) is 1.06. The number of nitrogens with zero attached hydrogens (tertiary/aromatic N) is 4. The number of hydrogen-bond donors (Lipinski definition) is 2. The van der Waals surface area contributed by atoms with Crippen LogP contribution in [0.25, 0.3) is 11.3 Å². The van der Waals surface area contributed by atoms with Gasteiger partial charge in [-0.2, -0.15) is 0 Å². The highest BCUT2D eigenvalue weighted by atomic mass is 14.9. The van der Waals surface area contributed by atoms with Crippen LogP contribution in [0.15, 0.2) is 24.9 Å². The molecule has 6 nitrogen and oxygen atoms in total. The lowest BCUT2D eigenvalue weighted by molar-refractivity contribution is 1.14. The largest absolute Gasteiger partial charge is 0.384 e. The van der Waals surface area contributed by atoms with E-state index in [1.54, 1.807) is 12.3 Å². The molecule has 0 unspecified atom stereocenters. The SMILES string of the molecule is Nc1cc(-c2cncnc2N)ncn1. The molecule has 0 aliphatic rings. The van der Waals surface area contributed by atoms with Gasteiger partial charge in [-0.25, -0.2) is 19.9 Å². The molecule has 2 rings (SSSR count). The number of hydrogen-bond acceptors (Lipinski definition) is 6. The first kappa shape index (κ1) is 8.36. The molecule has 0 bridgehead atoms. The topological polar surface area (TPSA) is 104 Å². The number of nitrogen functional groups attached to an aromatic ring is 2. The van der Waals surface area contributed by atoms with Crippen LogP contribution in [0.4, 0.5) is 11.6 Å². The van der Waals surface area contributed by atoms with Gasteiger partial charge in [0.1, 0.15) is 24.3 Å². The van der Waals surface area contributed by atoms with E-state index in [2.05, 4.69) is 19.9 Å². The summed E-state index contributed by atoms with van der Waals surface area (Å²) in [5.41, 5.74) is 12.4. The van der Waals surface area contributed by atoms with E-state index >= 15 is 0 Å². The van der Waals surface area contributed by atoms with Gasteiger partial charge in [0.2, 0.25) is 0 Å². The molecule has 0 aliphatic heterocycles. The van der Waals surface area contributed by atoms with Crippen molar-refractivity contribution in [3.05, 3.63) is 24.9 Å². The van der Waals surface area contributed by atoms with Crippen LogP contribution in [0, 0.1) is 0 Å². The highest BCUT2D eigenvalue weighted by Gasteiger charge is 2.04. The molecule has 2 aromatic heterocycles. The molecule has 0 amide bonds. The van der Waals surface area contributed by atoms with Crippen LogP contribution in [0.5, 0.6) is 0 Å². The first-order valence-corrected chi connectivity index (χ1v) is 3.91. The van der Waals surface area contributed by atoms with Crippen molar-refractivity contribution in [2.24, 2.45) is 0 Å². The summed E-state index contributed by atoms with van der Waals surface area (Å²) in [6.07, 6.45) is 4.34. The molecule has 6 heteroatoms. The summed E-state index contributed by atoms with van der Waals surface area (Å²) in [5, 5.41) is 0. The molecule has 0 atom stereocenters. The Morgan fingerprint density at radius 3 is 2.57 bits per heavy atom. The number of aromatic nitrogens is 4. The molecule has 70 valence electrons. The maximum absolute atomic E-state index is 5.65. The number of rotatable bonds is 1. The molecule has 0 radical (unpaired) electrons. The molecule has 0 fully saturated rings. The van der Waals surface area contributed by atoms with E-state index < -0.39 is 0 Å². The van der Waals surface area contributed by atoms with Crippen molar-refractivity contribution in [2.75, 3.05) is 11.5 Å². The summed E-state index contributed by atoms with van der Waals surface area (Å²) < 4.78 is 0. The molecular weight excluding hydrogens is 180 g/mol. The Bertz CT molecular complexity index is 455. The van der Waals surface area contributed by atoms with Crippen molar-refractivity contribution in [3.63, 3.8) is 0 Å². The lowest BCUT2D eigenvalue weighted by atomic mass is 10.2. The average molecular weight is 188 g/mol. The molecule has 0 saturated heterocycles. The summed E-state index contributed by atoms with van der Waals surface area (Å²) >= 11 is 0. The standard InChI is InChI=1S/C8H8N6/c9-7-1-6(12-4-13-7)5-2-11-3-14-8(5)10/h1-4H,(H2,9,12,13)(H2,10,11,14). The first-order valence-electron chi connectivity index (χ1n) is 3.91. The quantitative estimate of drug-likeness (QED) is 0.657. The highest BCUT2D eigenvalue weighted by molar-refractivity contribution is 5.70. The second-order valence-corrected chi connectivity index (χ2v) is 2.65. The van der Waals surface area contributed by atoms with E-state index in [0.29, 0.717) is 22.9 Å². The van der Waals surface area contributed by atoms with E-state index in [4.69, 9.17) is 11.5 Å². The third-order valence-corrected chi connectivity index (χ3v) is 1.71. The van der Waals surface area contributed by atoms with Crippen LogP contribution in [0.3, 0.4) is 0 Å². The van der Waals surface area contributed by atoms with Gasteiger partial charge < -0.3 is 11.5 Å². The van der Waals surface area contributed by atoms with Crippen LogP contribution in [-0.2, 0) is 0 Å². The van der Waals surface area contributed by atoms with Gasteiger partial charge in [0.05, 0.1) is 11.3 Å². The molecule has 0 spiro atoms. The van der Waals surface area contributed by atoms with Gasteiger partial charge in [0.15, 0.2) is 0 Å². The van der Waals surface area contributed by atoms with Crippen LogP contribution < -0.4 is 11.5 Å². The van der Waals surface area contributed by atoms with E-state index in [-0.39, 0.29) is 0 Å². The van der Waals surface area contributed by atoms with Crippen molar-refractivity contribution >= 4 is 11.6 Å². The Labute approximate surface area is 80.0 Å². The second kappa shape index (κ2) is 3.25. The van der Waals surface area contributed by atoms with Gasteiger partial charge >= 0.3 is 0 Å². The van der Waals surface area contributed by atoms with Crippen molar-refractivity contribution < 1.29 is 0 Å². The van der Waals surface area contributed by atoms with Gasteiger partial charge in [-0.15, -0.1) is 0 Å². The molecule has 14 heavy (non-hydrogen) atoms. The van der Waals surface area contributed by atoms with Crippen molar-refractivity contribution in [1.29, 1.82) is 0 Å². The van der Waals surface area contributed by atoms with E-state index in [1.807, 2.05) is 0 Å². The van der Waals surface area contributed by atoms with E-state index in [0.717, 1.165) is 0 Å². The third kappa shape index (κ3) is 1.45. The zero-order chi connectivity index (χ0) is 9.97. The molecule has 4 N–H and O–H groups in total. The molecular formula is C8H8N6. The van der Waals surface area contributed by atoms with E-state index in [1.165, 1.54) is 12.7 Å². The fraction of sp³-hybridized carbons (Fsp3) is 0. The molecule has 0 aromatic carbocycles. The average Bonchev–Trinajstić information content (AvgIpc) is 2.18. The smallest absolute Gasteiger partial charge is 0.136 e. The Kier molecular flexibility index (Phi) is 1.94. The maximum atomic E-state index is 5.65. The minimum atomic E-state index is 0.373. The van der Waals surface area contributed by atoms with Crippen LogP contribution in [0.1, 0.15) is 0 Å². The normalized spacial score (nSPS) is 10.0. The summed E-state index contributed by atoms with van der Waals surface area (Å²) in [6.45, 7) is 0. The Morgan fingerprint density at radius 2 is 1.86 bits per heavy atom. The van der Waals surface area contributed by atoms with Gasteiger partial charge in [-0.05, 0) is 0 Å². The third-order valence-electron chi connectivity index (χ3n) is 1.71. The van der Waals surface area contributed by atoms with Gasteiger partial charge in [-0.1, -0.05) is 0 Å². The predicted octanol–water partition coefficient (Wildman–Crippen LogP) is 0.0980. The lowest BCUT2D eigenvalue weighted by Crippen LogP contribution is -1.98. The minimum absolute atomic E-state index is 0.373. The summed E-state index contributed by atoms with van der Waals surface area (Å²) in [5.74, 6) is 0.761. The fourth-order valence-electron chi connectivity index (χ4n) is 1.06. The zero-order valence-electron chi connectivity index (χ0n) is 7.25. The summed E-state index contributed by atoms with van der Waals surface area (Å²) in [7, 11) is 0. The summed E-state index contributed by atoms with van der Waals surface area (Å²) in [4.78, 5) is 15.5. The van der Waals surface area contributed by atoms with Crippen molar-refractivity contribution in [1.82, 2.24) is 19.9 Å². The van der Waals surface area contributed by atoms with E-state index in [9.17, 15) is 0 Å². The van der Waals surface area contributed by atoms with Gasteiger partial charge in [0, 0.05) is 12.3 Å². The second-order valence-electron chi connectivity index (χ2n) is 2.65. The Hall–Kier alpha value is -2.24. The van der Waals surface area contributed by atoms with Crippen LogP contribution in [0.2, 0.25) is 0 Å². The Morgan fingerprint density at radius 1 is 1.00 bits per heavy atom. The highest BCUT2D eigenvalue weighted by Crippen LogP contribution is 2.20. The molecule has 2 heterocycles. The molecule has 0 saturated carbocycles. The lowest BCUT2D eigenvalue weighted by Gasteiger charge is -2.02. The van der Waals surface area contributed by atoms with Crippen LogP contribution in [-0.4, -0.2) is 19.9 Å². The van der Waals surface area contributed by atoms with Gasteiger partial charge in [0.25, 0.3) is 0 Å². The number of nitrogens with two attached hydrogens (primary N) is 2. The molecule has 2 aromatic rings. The predicted molar refractivity (Wildman–Crippen MR) is 51.9 cm³/mol. The Balaban J connectivity index is 2.55. The zero-order valence-corrected chi connectivity index (χ0v) is 7.25. The van der Waals surface area contributed by atoms with Crippen molar-refractivity contribution in [3.8, 4) is 11.3 Å². The van der Waals surface area contributed by atoms with Crippen molar-refractivity contribution in [2.45, 2.75) is 0 Å². The number of anilines is 2. The molecule has 0 aliphatic carbocycles. The minimum Gasteiger partial charge on any atom is -0.384 e. The first-order chi connectivity index (χ1) is 6.77. The van der Waals surface area contributed by atoms with Crippen LogP contribution >= 0.6 is 0 Å². The monoisotopic (exact) mass is 188 g/mol.